The molecule has 0 bridgehead atoms. The van der Waals surface area contributed by atoms with E-state index in [1.54, 1.807) is 24.0 Å². The van der Waals surface area contributed by atoms with Gasteiger partial charge in [0.2, 0.25) is 0 Å². The molecule has 1 aliphatic rings. The first-order chi connectivity index (χ1) is 12.4. The topological polar surface area (TPSA) is 59.8 Å². The lowest BCUT2D eigenvalue weighted by Crippen LogP contribution is -2.24. The van der Waals surface area contributed by atoms with Gasteiger partial charge in [-0.1, -0.05) is 26.0 Å². The number of furan rings is 1. The van der Waals surface area contributed by atoms with Gasteiger partial charge in [0.25, 0.3) is 5.91 Å². The summed E-state index contributed by atoms with van der Waals surface area (Å²) in [5, 5.41) is 0. The van der Waals surface area contributed by atoms with Crippen molar-refractivity contribution in [1.29, 1.82) is 0 Å². The Bertz CT molecular complexity index is 887. The molecular formula is C21H21NO4. The molecule has 1 amide bonds. The minimum Gasteiger partial charge on any atom is -0.472 e. The number of hydrogen-bond donors (Lipinski definition) is 0. The van der Waals surface area contributed by atoms with Crippen molar-refractivity contribution in [1.82, 2.24) is 0 Å². The fraction of sp³-hybridized carbons (Fsp3) is 0.238. The lowest BCUT2D eigenvalue weighted by atomic mass is 10.0. The van der Waals surface area contributed by atoms with Crippen LogP contribution in [0.2, 0.25) is 0 Å². The number of nitrogens with zero attached hydrogens (tertiary/aromatic N) is 1. The summed E-state index contributed by atoms with van der Waals surface area (Å²) in [6, 6.07) is 9.51. The Kier molecular flexibility index (Phi) is 4.80. The maximum Gasteiger partial charge on any atom is 0.340 e. The number of ether oxygens (including phenoxy) is 1. The van der Waals surface area contributed by atoms with Gasteiger partial charge in [-0.25, -0.2) is 4.79 Å². The van der Waals surface area contributed by atoms with Crippen LogP contribution in [-0.4, -0.2) is 19.0 Å². The van der Waals surface area contributed by atoms with Crippen molar-refractivity contribution in [3.8, 4) is 0 Å². The number of benzene rings is 1. The van der Waals surface area contributed by atoms with Gasteiger partial charge in [0.05, 0.1) is 30.8 Å². The Morgan fingerprint density at radius 1 is 1.19 bits per heavy atom. The van der Waals surface area contributed by atoms with E-state index in [4.69, 9.17) is 9.15 Å². The van der Waals surface area contributed by atoms with Gasteiger partial charge < -0.3 is 9.15 Å². The lowest BCUT2D eigenvalue weighted by molar-refractivity contribution is -0.136. The van der Waals surface area contributed by atoms with E-state index in [0.717, 1.165) is 0 Å². The van der Waals surface area contributed by atoms with Crippen LogP contribution in [0.5, 0.6) is 0 Å². The highest BCUT2D eigenvalue weighted by molar-refractivity contribution is 6.23. The largest absolute Gasteiger partial charge is 0.472 e. The summed E-state index contributed by atoms with van der Waals surface area (Å²) in [5.41, 5.74) is 3.72. The van der Waals surface area contributed by atoms with Gasteiger partial charge in [0.1, 0.15) is 0 Å². The van der Waals surface area contributed by atoms with Crippen molar-refractivity contribution in [2.45, 2.75) is 26.7 Å². The van der Waals surface area contributed by atoms with Crippen LogP contribution in [-0.2, 0) is 14.3 Å². The fourth-order valence-electron chi connectivity index (χ4n) is 3.02. The monoisotopic (exact) mass is 351 g/mol. The van der Waals surface area contributed by atoms with Crippen molar-refractivity contribution in [3.63, 3.8) is 0 Å². The number of rotatable bonds is 4. The molecule has 1 aromatic heterocycles. The van der Waals surface area contributed by atoms with Crippen LogP contribution < -0.4 is 4.90 Å². The van der Waals surface area contributed by atoms with Crippen LogP contribution >= 0.6 is 0 Å². The molecule has 0 atom stereocenters. The zero-order valence-electron chi connectivity index (χ0n) is 15.3. The molecule has 26 heavy (non-hydrogen) atoms. The minimum absolute atomic E-state index is 0.263. The molecule has 1 aliphatic heterocycles. The van der Waals surface area contributed by atoms with Gasteiger partial charge in [-0.2, -0.15) is 0 Å². The molecule has 5 heteroatoms. The van der Waals surface area contributed by atoms with Gasteiger partial charge in [0, 0.05) is 16.9 Å². The molecule has 0 unspecified atom stereocenters. The van der Waals surface area contributed by atoms with Crippen LogP contribution in [0.15, 0.2) is 64.1 Å². The Morgan fingerprint density at radius 3 is 2.42 bits per heavy atom. The third-order valence-electron chi connectivity index (χ3n) is 4.46. The Hall–Kier alpha value is -3.08. The predicted molar refractivity (Wildman–Crippen MR) is 99.4 cm³/mol. The summed E-state index contributed by atoms with van der Waals surface area (Å²) in [6.45, 7) is 5.97. The van der Waals surface area contributed by atoms with Crippen molar-refractivity contribution in [3.05, 3.63) is 70.8 Å². The number of allylic oxidation sites excluding steroid dienone is 1. The van der Waals surface area contributed by atoms with E-state index < -0.39 is 5.97 Å². The summed E-state index contributed by atoms with van der Waals surface area (Å²) in [6.07, 6.45) is 4.68. The number of amides is 1. The van der Waals surface area contributed by atoms with Crippen LogP contribution in [0.4, 0.5) is 5.69 Å². The van der Waals surface area contributed by atoms with E-state index in [1.807, 2.05) is 24.3 Å². The molecule has 0 radical (unpaired) electrons. The number of hydrogen-bond acceptors (Lipinski definition) is 4. The lowest BCUT2D eigenvalue weighted by Gasteiger charge is -2.18. The maximum absolute atomic E-state index is 13.1. The average Bonchev–Trinajstić information content (AvgIpc) is 3.22. The summed E-state index contributed by atoms with van der Waals surface area (Å²) >= 11 is 0. The van der Waals surface area contributed by atoms with Crippen molar-refractivity contribution in [2.24, 2.45) is 0 Å². The maximum atomic E-state index is 13.1. The second-order valence-corrected chi connectivity index (χ2v) is 6.45. The van der Waals surface area contributed by atoms with E-state index in [1.165, 1.54) is 25.2 Å². The number of carbonyl (C=O) groups excluding carboxylic acids is 2. The molecule has 0 N–H and O–H groups in total. The van der Waals surface area contributed by atoms with Crippen LogP contribution in [0.3, 0.4) is 0 Å². The molecule has 3 rings (SSSR count). The molecule has 0 saturated heterocycles. The standard InChI is InChI=1S/C21H21NO4/c1-13(2)16-5-7-17(8-6-16)22-14(3)19(21(24)25-4)18(20(22)23)11-15-9-10-26-12-15/h5-13H,1-4H3/b18-11-. The molecule has 0 spiro atoms. The first-order valence-corrected chi connectivity index (χ1v) is 8.42. The van der Waals surface area contributed by atoms with E-state index in [0.29, 0.717) is 28.4 Å². The third-order valence-corrected chi connectivity index (χ3v) is 4.46. The molecular weight excluding hydrogens is 330 g/mol. The summed E-state index contributed by atoms with van der Waals surface area (Å²) in [7, 11) is 1.31. The minimum atomic E-state index is -0.535. The van der Waals surface area contributed by atoms with Gasteiger partial charge in [-0.15, -0.1) is 0 Å². The normalized spacial score (nSPS) is 16.1. The van der Waals surface area contributed by atoms with E-state index in [2.05, 4.69) is 13.8 Å². The van der Waals surface area contributed by atoms with E-state index in [9.17, 15) is 9.59 Å². The molecule has 2 heterocycles. The molecule has 2 aromatic rings. The number of esters is 1. The average molecular weight is 351 g/mol. The quantitative estimate of drug-likeness (QED) is 0.609. The molecule has 134 valence electrons. The molecule has 0 fully saturated rings. The molecule has 1 aromatic carbocycles. The number of methoxy groups -OCH3 is 1. The van der Waals surface area contributed by atoms with Gasteiger partial charge in [-0.05, 0) is 42.7 Å². The van der Waals surface area contributed by atoms with Gasteiger partial charge in [-0.3, -0.25) is 9.69 Å². The molecule has 0 aliphatic carbocycles. The highest BCUT2D eigenvalue weighted by Gasteiger charge is 2.37. The Morgan fingerprint density at radius 2 is 1.88 bits per heavy atom. The van der Waals surface area contributed by atoms with Gasteiger partial charge in [0.15, 0.2) is 0 Å². The first kappa shape index (κ1) is 17.7. The number of carbonyl (C=O) groups is 2. The summed E-state index contributed by atoms with van der Waals surface area (Å²) in [5.74, 6) is -0.398. The van der Waals surface area contributed by atoms with E-state index in [-0.39, 0.29) is 11.5 Å². The van der Waals surface area contributed by atoms with Crippen LogP contribution in [0, 0.1) is 0 Å². The highest BCUT2D eigenvalue weighted by Crippen LogP contribution is 2.35. The highest BCUT2D eigenvalue weighted by atomic mass is 16.5. The summed E-state index contributed by atoms with van der Waals surface area (Å²) in [4.78, 5) is 26.9. The predicted octanol–water partition coefficient (Wildman–Crippen LogP) is 4.28. The van der Waals surface area contributed by atoms with Crippen molar-refractivity contribution < 1.29 is 18.7 Å². The number of anilines is 1. The van der Waals surface area contributed by atoms with Crippen molar-refractivity contribution in [2.75, 3.05) is 12.0 Å². The first-order valence-electron chi connectivity index (χ1n) is 8.42. The fourth-order valence-corrected chi connectivity index (χ4v) is 3.02. The molecule has 0 saturated carbocycles. The molecule has 5 nitrogen and oxygen atoms in total. The Balaban J connectivity index is 2.08. The zero-order chi connectivity index (χ0) is 18.8. The van der Waals surface area contributed by atoms with Crippen LogP contribution in [0.1, 0.15) is 37.8 Å². The third kappa shape index (κ3) is 3.08. The zero-order valence-corrected chi connectivity index (χ0v) is 15.3. The smallest absolute Gasteiger partial charge is 0.340 e. The summed E-state index contributed by atoms with van der Waals surface area (Å²) < 4.78 is 9.95. The Labute approximate surface area is 152 Å². The van der Waals surface area contributed by atoms with Crippen LogP contribution in [0.25, 0.3) is 6.08 Å². The van der Waals surface area contributed by atoms with E-state index >= 15 is 0 Å². The van der Waals surface area contributed by atoms with Crippen molar-refractivity contribution >= 4 is 23.6 Å². The second-order valence-electron chi connectivity index (χ2n) is 6.45. The SMILES string of the molecule is COC(=O)C1=C(C)N(c2ccc(C(C)C)cc2)C(=O)/C1=C\c1ccoc1. The second kappa shape index (κ2) is 7.04. The van der Waals surface area contributed by atoms with Gasteiger partial charge >= 0.3 is 5.97 Å².